The Morgan fingerprint density at radius 1 is 1.00 bits per heavy atom. The monoisotopic (exact) mass is 373 g/mol. The maximum atomic E-state index is 13.1. The van der Waals surface area contributed by atoms with Gasteiger partial charge in [-0.3, -0.25) is 14.5 Å². The third-order valence-corrected chi connectivity index (χ3v) is 5.36. The number of rotatable bonds is 4. The van der Waals surface area contributed by atoms with E-state index in [-0.39, 0.29) is 24.0 Å². The summed E-state index contributed by atoms with van der Waals surface area (Å²) in [6, 6.07) is 17.4. The number of para-hydroxylation sites is 2. The second-order valence-electron chi connectivity index (χ2n) is 7.12. The number of nitrogens with zero attached hydrogens (tertiary/aromatic N) is 1. The van der Waals surface area contributed by atoms with Gasteiger partial charge in [0, 0.05) is 30.0 Å². The number of carbonyl (C=O) groups excluding carboxylic acids is 2. The SMILES string of the molecule is COc1ccccc1N1C(=O)CC(/C=C/c2ccccc2)C2=C1CCCC2=O. The molecule has 1 atom stereocenters. The van der Waals surface area contributed by atoms with Gasteiger partial charge in [0.2, 0.25) is 5.91 Å². The molecule has 28 heavy (non-hydrogen) atoms. The molecular weight excluding hydrogens is 350 g/mol. The summed E-state index contributed by atoms with van der Waals surface area (Å²) in [6.07, 6.45) is 6.33. The van der Waals surface area contributed by atoms with Crippen LogP contribution in [0.2, 0.25) is 0 Å². The first-order chi connectivity index (χ1) is 13.7. The molecular formula is C24H23NO3. The van der Waals surface area contributed by atoms with Crippen LogP contribution in [-0.4, -0.2) is 18.8 Å². The molecule has 1 aliphatic heterocycles. The van der Waals surface area contributed by atoms with Gasteiger partial charge in [0.05, 0.1) is 12.8 Å². The first kappa shape index (κ1) is 18.2. The lowest BCUT2D eigenvalue weighted by Crippen LogP contribution is -2.41. The van der Waals surface area contributed by atoms with Crippen LogP contribution in [0.5, 0.6) is 5.75 Å². The van der Waals surface area contributed by atoms with Gasteiger partial charge in [-0.25, -0.2) is 0 Å². The second kappa shape index (κ2) is 7.85. The highest BCUT2D eigenvalue weighted by Crippen LogP contribution is 2.42. The first-order valence-corrected chi connectivity index (χ1v) is 9.64. The molecule has 4 nitrogen and oxygen atoms in total. The van der Waals surface area contributed by atoms with E-state index in [1.165, 1.54) is 0 Å². The highest BCUT2D eigenvalue weighted by atomic mass is 16.5. The zero-order valence-electron chi connectivity index (χ0n) is 15.9. The summed E-state index contributed by atoms with van der Waals surface area (Å²) in [5.74, 6) is 0.609. The van der Waals surface area contributed by atoms with Crippen LogP contribution in [0.4, 0.5) is 5.69 Å². The van der Waals surface area contributed by atoms with Crippen molar-refractivity contribution in [1.82, 2.24) is 0 Å². The Bertz CT molecular complexity index is 959. The predicted molar refractivity (Wildman–Crippen MR) is 110 cm³/mol. The van der Waals surface area contributed by atoms with Crippen molar-refractivity contribution >= 4 is 23.5 Å². The Labute approximate surface area is 165 Å². The summed E-state index contributed by atoms with van der Waals surface area (Å²) < 4.78 is 5.47. The first-order valence-electron chi connectivity index (χ1n) is 9.64. The molecule has 2 aromatic rings. The molecule has 0 N–H and O–H groups in total. The normalized spacial score (nSPS) is 19.9. The predicted octanol–water partition coefficient (Wildman–Crippen LogP) is 4.77. The summed E-state index contributed by atoms with van der Waals surface area (Å²) in [5.41, 5.74) is 3.39. The number of hydrogen-bond acceptors (Lipinski definition) is 3. The zero-order chi connectivity index (χ0) is 19.5. The molecule has 142 valence electrons. The van der Waals surface area contributed by atoms with E-state index in [2.05, 4.69) is 0 Å². The third-order valence-electron chi connectivity index (χ3n) is 5.36. The summed E-state index contributed by atoms with van der Waals surface area (Å²) in [5, 5.41) is 0. The van der Waals surface area contributed by atoms with E-state index in [0.717, 1.165) is 29.7 Å². The minimum atomic E-state index is -0.179. The van der Waals surface area contributed by atoms with Crippen molar-refractivity contribution in [1.29, 1.82) is 0 Å². The van der Waals surface area contributed by atoms with Crippen molar-refractivity contribution in [2.45, 2.75) is 25.7 Å². The molecule has 1 heterocycles. The van der Waals surface area contributed by atoms with Crippen LogP contribution in [0, 0.1) is 5.92 Å². The topological polar surface area (TPSA) is 46.6 Å². The number of allylic oxidation sites excluding steroid dienone is 3. The molecule has 1 unspecified atom stereocenters. The molecule has 0 spiro atoms. The van der Waals surface area contributed by atoms with Crippen LogP contribution in [0.15, 0.2) is 71.9 Å². The molecule has 1 amide bonds. The molecule has 4 heteroatoms. The highest BCUT2D eigenvalue weighted by molar-refractivity contribution is 6.07. The second-order valence-corrected chi connectivity index (χ2v) is 7.12. The van der Waals surface area contributed by atoms with Crippen molar-refractivity contribution in [3.8, 4) is 5.75 Å². The van der Waals surface area contributed by atoms with E-state index in [9.17, 15) is 9.59 Å². The van der Waals surface area contributed by atoms with Gasteiger partial charge in [-0.05, 0) is 30.5 Å². The van der Waals surface area contributed by atoms with Crippen LogP contribution in [0.25, 0.3) is 6.08 Å². The summed E-state index contributed by atoms with van der Waals surface area (Å²) in [4.78, 5) is 27.7. The molecule has 0 aromatic heterocycles. The van der Waals surface area contributed by atoms with Gasteiger partial charge in [0.1, 0.15) is 5.75 Å². The minimum Gasteiger partial charge on any atom is -0.495 e. The molecule has 2 aromatic carbocycles. The van der Waals surface area contributed by atoms with Crippen molar-refractivity contribution in [2.75, 3.05) is 12.0 Å². The van der Waals surface area contributed by atoms with Crippen molar-refractivity contribution in [3.63, 3.8) is 0 Å². The van der Waals surface area contributed by atoms with Gasteiger partial charge in [-0.15, -0.1) is 0 Å². The van der Waals surface area contributed by atoms with Crippen LogP contribution in [0.1, 0.15) is 31.2 Å². The van der Waals surface area contributed by atoms with Gasteiger partial charge in [0.15, 0.2) is 5.78 Å². The Morgan fingerprint density at radius 3 is 2.54 bits per heavy atom. The van der Waals surface area contributed by atoms with Crippen LogP contribution in [0.3, 0.4) is 0 Å². The summed E-state index contributed by atoms with van der Waals surface area (Å²) in [7, 11) is 1.60. The lowest BCUT2D eigenvalue weighted by atomic mass is 9.80. The van der Waals surface area contributed by atoms with Gasteiger partial charge >= 0.3 is 0 Å². The number of ketones is 1. The summed E-state index contributed by atoms with van der Waals surface area (Å²) >= 11 is 0. The smallest absolute Gasteiger partial charge is 0.232 e. The number of anilines is 1. The molecule has 0 radical (unpaired) electrons. The highest BCUT2D eigenvalue weighted by Gasteiger charge is 2.38. The Balaban J connectivity index is 1.77. The molecule has 0 saturated heterocycles. The minimum absolute atomic E-state index is 0.000613. The third kappa shape index (κ3) is 3.38. The van der Waals surface area contributed by atoms with Crippen LogP contribution >= 0.6 is 0 Å². The van der Waals surface area contributed by atoms with E-state index in [0.29, 0.717) is 17.9 Å². The largest absolute Gasteiger partial charge is 0.495 e. The average Bonchev–Trinajstić information content (AvgIpc) is 2.73. The van der Waals surface area contributed by atoms with Crippen molar-refractivity contribution in [2.24, 2.45) is 5.92 Å². The lowest BCUT2D eigenvalue weighted by molar-refractivity contribution is -0.120. The number of carbonyl (C=O) groups is 2. The van der Waals surface area contributed by atoms with E-state index < -0.39 is 0 Å². The van der Waals surface area contributed by atoms with Gasteiger partial charge in [0.25, 0.3) is 0 Å². The maximum absolute atomic E-state index is 13.1. The molecule has 0 bridgehead atoms. The number of benzene rings is 2. The number of hydrogen-bond donors (Lipinski definition) is 0. The van der Waals surface area contributed by atoms with Gasteiger partial charge < -0.3 is 4.74 Å². The quantitative estimate of drug-likeness (QED) is 0.776. The number of methoxy groups -OCH3 is 1. The van der Waals surface area contributed by atoms with E-state index in [1.54, 1.807) is 12.0 Å². The number of ether oxygens (including phenoxy) is 1. The molecule has 1 aliphatic carbocycles. The molecule has 0 fully saturated rings. The fraction of sp³-hybridized carbons (Fsp3) is 0.250. The van der Waals surface area contributed by atoms with Crippen LogP contribution in [-0.2, 0) is 9.59 Å². The lowest BCUT2D eigenvalue weighted by Gasteiger charge is -2.37. The standard InChI is InChI=1S/C24H23NO3/c1-28-22-13-6-5-10-19(22)25-20-11-7-12-21(26)24(20)18(16-23(25)27)15-14-17-8-3-2-4-9-17/h2-6,8-10,13-15,18H,7,11-12,16H2,1H3/b15-14+. The van der Waals surface area contributed by atoms with Crippen molar-refractivity contribution in [3.05, 3.63) is 77.5 Å². The van der Waals surface area contributed by atoms with Crippen molar-refractivity contribution < 1.29 is 14.3 Å². The fourth-order valence-electron chi connectivity index (χ4n) is 4.08. The maximum Gasteiger partial charge on any atom is 0.232 e. The Hall–Kier alpha value is -3.14. The molecule has 4 rings (SSSR count). The number of Topliss-reactive ketones (excluding diaryl/α,β-unsaturated/α-hetero) is 1. The van der Waals surface area contributed by atoms with Gasteiger partial charge in [-0.1, -0.05) is 54.6 Å². The average molecular weight is 373 g/mol. The Morgan fingerprint density at radius 2 is 1.75 bits per heavy atom. The summed E-state index contributed by atoms with van der Waals surface area (Å²) in [6.45, 7) is 0. The molecule has 2 aliphatic rings. The van der Waals surface area contributed by atoms with E-state index >= 15 is 0 Å². The fourth-order valence-corrected chi connectivity index (χ4v) is 4.08. The number of amides is 1. The van der Waals surface area contributed by atoms with E-state index in [1.807, 2.05) is 66.7 Å². The van der Waals surface area contributed by atoms with Gasteiger partial charge in [-0.2, -0.15) is 0 Å². The Kier molecular flexibility index (Phi) is 5.11. The molecule has 0 saturated carbocycles. The zero-order valence-corrected chi connectivity index (χ0v) is 15.9. The van der Waals surface area contributed by atoms with Crippen LogP contribution < -0.4 is 9.64 Å². The van der Waals surface area contributed by atoms with E-state index in [4.69, 9.17) is 4.74 Å².